The van der Waals surface area contributed by atoms with Crippen molar-refractivity contribution in [3.63, 3.8) is 0 Å². The Balaban J connectivity index is 1.66. The number of halogens is 1. The Hall–Kier alpha value is -2.79. The van der Waals surface area contributed by atoms with Crippen molar-refractivity contribution in [3.05, 3.63) is 77.1 Å². The lowest BCUT2D eigenvalue weighted by atomic mass is 10.2. The van der Waals surface area contributed by atoms with E-state index in [1.807, 2.05) is 24.3 Å². The second-order valence-corrected chi connectivity index (χ2v) is 5.68. The van der Waals surface area contributed by atoms with Gasteiger partial charge >= 0.3 is 0 Å². The third kappa shape index (κ3) is 3.94. The van der Waals surface area contributed by atoms with E-state index < -0.39 is 0 Å². The summed E-state index contributed by atoms with van der Waals surface area (Å²) in [6.45, 7) is 0.591. The summed E-state index contributed by atoms with van der Waals surface area (Å²) in [7, 11) is 1.64. The SMILES string of the molecule is COc1cccc(Cn2cc(NC(=O)c3ccc(Cl)cc3)cn2)c1. The van der Waals surface area contributed by atoms with Crippen molar-refractivity contribution in [1.82, 2.24) is 9.78 Å². The van der Waals surface area contributed by atoms with Crippen molar-refractivity contribution in [2.75, 3.05) is 12.4 Å². The smallest absolute Gasteiger partial charge is 0.255 e. The average molecular weight is 342 g/mol. The van der Waals surface area contributed by atoms with E-state index in [2.05, 4.69) is 10.4 Å². The van der Waals surface area contributed by atoms with Crippen LogP contribution in [0.15, 0.2) is 60.9 Å². The predicted molar refractivity (Wildman–Crippen MR) is 93.7 cm³/mol. The number of nitrogens with zero attached hydrogens (tertiary/aromatic N) is 2. The van der Waals surface area contributed by atoms with E-state index in [9.17, 15) is 4.79 Å². The van der Waals surface area contributed by atoms with Crippen LogP contribution in [0, 0.1) is 0 Å². The summed E-state index contributed by atoms with van der Waals surface area (Å²) >= 11 is 5.82. The van der Waals surface area contributed by atoms with E-state index in [1.165, 1.54) is 0 Å². The second-order valence-electron chi connectivity index (χ2n) is 5.24. The van der Waals surface area contributed by atoms with Gasteiger partial charge in [0, 0.05) is 16.8 Å². The average Bonchev–Trinajstić information content (AvgIpc) is 3.02. The zero-order chi connectivity index (χ0) is 16.9. The number of methoxy groups -OCH3 is 1. The maximum Gasteiger partial charge on any atom is 0.255 e. The maximum absolute atomic E-state index is 12.2. The van der Waals surface area contributed by atoms with Gasteiger partial charge in [0.1, 0.15) is 5.75 Å². The van der Waals surface area contributed by atoms with Gasteiger partial charge in [-0.2, -0.15) is 5.10 Å². The fraction of sp³-hybridized carbons (Fsp3) is 0.111. The molecule has 2 aromatic carbocycles. The lowest BCUT2D eigenvalue weighted by Crippen LogP contribution is -2.11. The molecule has 1 N–H and O–H groups in total. The Bertz CT molecular complexity index is 843. The second kappa shape index (κ2) is 7.19. The van der Waals surface area contributed by atoms with Gasteiger partial charge in [0.25, 0.3) is 5.91 Å². The number of benzene rings is 2. The highest BCUT2D eigenvalue weighted by Gasteiger charge is 2.08. The van der Waals surface area contributed by atoms with Gasteiger partial charge in [-0.05, 0) is 42.0 Å². The van der Waals surface area contributed by atoms with Crippen LogP contribution in [0.25, 0.3) is 0 Å². The Morgan fingerprint density at radius 2 is 2.04 bits per heavy atom. The van der Waals surface area contributed by atoms with E-state index in [1.54, 1.807) is 48.5 Å². The summed E-state index contributed by atoms with van der Waals surface area (Å²) in [5.74, 6) is 0.600. The molecule has 1 amide bonds. The van der Waals surface area contributed by atoms with Gasteiger partial charge in [-0.3, -0.25) is 9.48 Å². The first-order valence-corrected chi connectivity index (χ1v) is 7.74. The normalized spacial score (nSPS) is 10.4. The first-order valence-electron chi connectivity index (χ1n) is 7.36. The van der Waals surface area contributed by atoms with Crippen LogP contribution in [0.1, 0.15) is 15.9 Å². The quantitative estimate of drug-likeness (QED) is 0.767. The number of carbonyl (C=O) groups is 1. The monoisotopic (exact) mass is 341 g/mol. The Labute approximate surface area is 144 Å². The Morgan fingerprint density at radius 3 is 2.79 bits per heavy atom. The van der Waals surface area contributed by atoms with E-state index in [-0.39, 0.29) is 5.91 Å². The van der Waals surface area contributed by atoms with Crippen LogP contribution in [0.3, 0.4) is 0 Å². The highest BCUT2D eigenvalue weighted by atomic mass is 35.5. The molecule has 24 heavy (non-hydrogen) atoms. The van der Waals surface area contributed by atoms with E-state index in [0.29, 0.717) is 22.8 Å². The van der Waals surface area contributed by atoms with Gasteiger partial charge in [0.15, 0.2) is 0 Å². The van der Waals surface area contributed by atoms with E-state index in [4.69, 9.17) is 16.3 Å². The summed E-state index contributed by atoms with van der Waals surface area (Å²) in [5, 5.41) is 7.68. The molecule has 122 valence electrons. The van der Waals surface area contributed by atoms with Crippen LogP contribution in [0.2, 0.25) is 5.02 Å². The summed E-state index contributed by atoms with van der Waals surface area (Å²) in [5.41, 5.74) is 2.24. The Kier molecular flexibility index (Phi) is 4.82. The molecular formula is C18H16ClN3O2. The zero-order valence-corrected chi connectivity index (χ0v) is 13.8. The summed E-state index contributed by atoms with van der Waals surface area (Å²) in [6, 6.07) is 14.5. The molecule has 1 aromatic heterocycles. The van der Waals surface area contributed by atoms with Crippen LogP contribution in [0.4, 0.5) is 5.69 Å². The van der Waals surface area contributed by atoms with Crippen molar-refractivity contribution in [1.29, 1.82) is 0 Å². The van der Waals surface area contributed by atoms with Crippen molar-refractivity contribution in [3.8, 4) is 5.75 Å². The third-order valence-electron chi connectivity index (χ3n) is 3.48. The van der Waals surface area contributed by atoms with Crippen LogP contribution < -0.4 is 10.1 Å². The van der Waals surface area contributed by atoms with Crippen molar-refractivity contribution in [2.24, 2.45) is 0 Å². The molecule has 0 radical (unpaired) electrons. The van der Waals surface area contributed by atoms with Gasteiger partial charge in [-0.15, -0.1) is 0 Å². The minimum Gasteiger partial charge on any atom is -0.497 e. The molecule has 0 atom stereocenters. The molecule has 0 bridgehead atoms. The Morgan fingerprint density at radius 1 is 1.25 bits per heavy atom. The zero-order valence-electron chi connectivity index (χ0n) is 13.1. The highest BCUT2D eigenvalue weighted by Crippen LogP contribution is 2.15. The third-order valence-corrected chi connectivity index (χ3v) is 3.73. The first kappa shape index (κ1) is 16.1. The number of anilines is 1. The minimum atomic E-state index is -0.201. The number of rotatable bonds is 5. The van der Waals surface area contributed by atoms with Crippen molar-refractivity contribution >= 4 is 23.2 Å². The van der Waals surface area contributed by atoms with Crippen molar-refractivity contribution in [2.45, 2.75) is 6.54 Å². The van der Waals surface area contributed by atoms with E-state index in [0.717, 1.165) is 11.3 Å². The van der Waals surface area contributed by atoms with Gasteiger partial charge in [0.05, 0.1) is 25.5 Å². The van der Waals surface area contributed by atoms with Crippen molar-refractivity contribution < 1.29 is 9.53 Å². The molecule has 0 saturated carbocycles. The number of aromatic nitrogens is 2. The number of hydrogen-bond acceptors (Lipinski definition) is 3. The molecule has 3 rings (SSSR count). The molecule has 3 aromatic rings. The molecule has 6 heteroatoms. The standard InChI is InChI=1S/C18H16ClN3O2/c1-24-17-4-2-3-13(9-17)11-22-12-16(10-20-22)21-18(23)14-5-7-15(19)8-6-14/h2-10,12H,11H2,1H3,(H,21,23). The molecule has 0 aliphatic carbocycles. The molecule has 0 spiro atoms. The summed E-state index contributed by atoms with van der Waals surface area (Å²) in [6.07, 6.45) is 3.40. The molecule has 0 unspecified atom stereocenters. The molecule has 0 aliphatic heterocycles. The minimum absolute atomic E-state index is 0.201. The number of amides is 1. The lowest BCUT2D eigenvalue weighted by molar-refractivity contribution is 0.102. The number of nitrogens with one attached hydrogen (secondary N) is 1. The first-order chi connectivity index (χ1) is 11.6. The molecule has 1 heterocycles. The van der Waals surface area contributed by atoms with Gasteiger partial charge in [0.2, 0.25) is 0 Å². The lowest BCUT2D eigenvalue weighted by Gasteiger charge is -2.05. The molecular weight excluding hydrogens is 326 g/mol. The number of carbonyl (C=O) groups excluding carboxylic acids is 1. The highest BCUT2D eigenvalue weighted by molar-refractivity contribution is 6.30. The molecule has 5 nitrogen and oxygen atoms in total. The predicted octanol–water partition coefficient (Wildman–Crippen LogP) is 3.85. The maximum atomic E-state index is 12.2. The summed E-state index contributed by atoms with van der Waals surface area (Å²) < 4.78 is 6.97. The van der Waals surface area contributed by atoms with Crippen LogP contribution in [-0.4, -0.2) is 22.8 Å². The molecule has 0 aliphatic rings. The topological polar surface area (TPSA) is 56.1 Å². The van der Waals surface area contributed by atoms with Gasteiger partial charge in [-0.1, -0.05) is 23.7 Å². The number of hydrogen-bond donors (Lipinski definition) is 1. The van der Waals surface area contributed by atoms with Gasteiger partial charge in [-0.25, -0.2) is 0 Å². The van der Waals surface area contributed by atoms with Crippen LogP contribution >= 0.6 is 11.6 Å². The van der Waals surface area contributed by atoms with Crippen LogP contribution in [0.5, 0.6) is 5.75 Å². The molecule has 0 fully saturated rings. The number of ether oxygens (including phenoxy) is 1. The van der Waals surface area contributed by atoms with Crippen LogP contribution in [-0.2, 0) is 6.54 Å². The molecule has 0 saturated heterocycles. The summed E-state index contributed by atoms with van der Waals surface area (Å²) in [4.78, 5) is 12.2. The largest absolute Gasteiger partial charge is 0.497 e. The van der Waals surface area contributed by atoms with E-state index >= 15 is 0 Å². The fourth-order valence-corrected chi connectivity index (χ4v) is 2.40. The fourth-order valence-electron chi connectivity index (χ4n) is 2.28. The van der Waals surface area contributed by atoms with Gasteiger partial charge < -0.3 is 10.1 Å².